The Morgan fingerprint density at radius 2 is 1.43 bits per heavy atom. The van der Waals surface area contributed by atoms with Crippen molar-refractivity contribution in [1.29, 1.82) is 0 Å². The first-order chi connectivity index (χ1) is 25.6. The Labute approximate surface area is 320 Å². The second kappa shape index (κ2) is 20.8. The van der Waals surface area contributed by atoms with Crippen molar-refractivity contribution >= 4 is 41.4 Å². The van der Waals surface area contributed by atoms with Gasteiger partial charge in [-0.05, 0) is 49.0 Å². The first kappa shape index (κ1) is 43.9. The van der Waals surface area contributed by atoms with Crippen LogP contribution in [0, 0.1) is 17.8 Å². The maximum Gasteiger partial charge on any atom is 0.246 e. The van der Waals surface area contributed by atoms with E-state index >= 15 is 0 Å². The third-order valence-electron chi connectivity index (χ3n) is 11.3. The lowest BCUT2D eigenvalue weighted by atomic mass is 9.94. The first-order valence-electron chi connectivity index (χ1n) is 19.7. The van der Waals surface area contributed by atoms with Gasteiger partial charge in [0.2, 0.25) is 41.4 Å². The van der Waals surface area contributed by atoms with Crippen LogP contribution in [0.2, 0.25) is 0 Å². The van der Waals surface area contributed by atoms with Crippen molar-refractivity contribution in [2.75, 3.05) is 20.1 Å². The van der Waals surface area contributed by atoms with Crippen molar-refractivity contribution in [3.63, 3.8) is 0 Å². The number of fused-ring (bicyclic) bond motifs is 1. The summed E-state index contributed by atoms with van der Waals surface area (Å²) < 4.78 is 0. The van der Waals surface area contributed by atoms with E-state index in [2.05, 4.69) is 26.6 Å². The summed E-state index contributed by atoms with van der Waals surface area (Å²) in [6.07, 6.45) is 3.21. The highest BCUT2D eigenvalue weighted by atomic mass is 16.2. The molecule has 1 aromatic carbocycles. The Morgan fingerprint density at radius 1 is 0.815 bits per heavy atom. The van der Waals surface area contributed by atoms with Crippen LogP contribution in [0.25, 0.3) is 0 Å². The molecule has 2 saturated heterocycles. The number of carbonyl (C=O) groups excluding carboxylic acids is 7. The maximum absolute atomic E-state index is 14.4. The highest BCUT2D eigenvalue weighted by molar-refractivity contribution is 5.97. The highest BCUT2D eigenvalue weighted by Gasteiger charge is 2.41. The van der Waals surface area contributed by atoms with Crippen LogP contribution in [0.1, 0.15) is 99.0 Å². The van der Waals surface area contributed by atoms with E-state index in [1.165, 1.54) is 16.7 Å². The van der Waals surface area contributed by atoms with E-state index in [-0.39, 0.29) is 56.0 Å². The van der Waals surface area contributed by atoms with Gasteiger partial charge in [-0.2, -0.15) is 0 Å². The van der Waals surface area contributed by atoms with E-state index in [9.17, 15) is 33.6 Å². The molecule has 0 saturated carbocycles. The van der Waals surface area contributed by atoms with Gasteiger partial charge in [-0.25, -0.2) is 0 Å². The second-order valence-electron chi connectivity index (χ2n) is 15.1. The molecule has 54 heavy (non-hydrogen) atoms. The van der Waals surface area contributed by atoms with E-state index in [0.29, 0.717) is 32.1 Å². The molecule has 2 aliphatic rings. The number of rotatable bonds is 11. The zero-order valence-electron chi connectivity index (χ0n) is 33.4. The molecule has 1 aromatic rings. The van der Waals surface area contributed by atoms with Crippen molar-refractivity contribution in [3.05, 3.63) is 35.9 Å². The van der Waals surface area contributed by atoms with Gasteiger partial charge in [0.1, 0.15) is 36.3 Å². The Hall–Kier alpha value is -4.49. The number of benzene rings is 1. The van der Waals surface area contributed by atoms with Gasteiger partial charge in [0.25, 0.3) is 0 Å². The number of hydrogen-bond donors (Lipinski definition) is 5. The fourth-order valence-electron chi connectivity index (χ4n) is 7.11. The summed E-state index contributed by atoms with van der Waals surface area (Å²) in [5.41, 5.74) is 0.783. The van der Waals surface area contributed by atoms with E-state index in [1.54, 1.807) is 7.05 Å². The van der Waals surface area contributed by atoms with E-state index in [1.807, 2.05) is 71.9 Å². The molecule has 5 N–H and O–H groups in total. The smallest absolute Gasteiger partial charge is 0.246 e. The van der Waals surface area contributed by atoms with Crippen molar-refractivity contribution in [1.82, 2.24) is 36.4 Å². The molecule has 2 aliphatic heterocycles. The minimum atomic E-state index is -1.12. The monoisotopic (exact) mass is 753 g/mol. The molecule has 3 rings (SSSR count). The Bertz CT molecular complexity index is 1470. The SMILES string of the molecule is CC[C@H](C)[C@@H]1NC(=O)[C@H]([C@@H](C)CC)NC(=O)[C@@H]2CCCN2C(=O)[C@@H](Cc2ccccc2)NC(=O)[C@@H](NC(=O)[C@H]([C@@H](C)CC)N(C)C(C)=O)CCCNC1=O. The molecule has 0 radical (unpaired) electrons. The van der Waals surface area contributed by atoms with Crippen LogP contribution in [0.4, 0.5) is 0 Å². The lowest BCUT2D eigenvalue weighted by molar-refractivity contribution is -0.143. The zero-order valence-corrected chi connectivity index (χ0v) is 33.4. The van der Waals surface area contributed by atoms with Crippen molar-refractivity contribution in [2.24, 2.45) is 17.8 Å². The fraction of sp³-hybridized carbons (Fsp3) is 0.675. The third kappa shape index (κ3) is 11.5. The molecule has 14 nitrogen and oxygen atoms in total. The number of likely N-dealkylation sites (N-methyl/N-ethyl adjacent to an activating group) is 1. The summed E-state index contributed by atoms with van der Waals surface area (Å²) in [6, 6.07) is 3.44. The third-order valence-corrected chi connectivity index (χ3v) is 11.3. The van der Waals surface area contributed by atoms with Crippen LogP contribution in [0.3, 0.4) is 0 Å². The molecule has 14 heteroatoms. The van der Waals surface area contributed by atoms with Crippen molar-refractivity contribution in [3.8, 4) is 0 Å². The fourth-order valence-corrected chi connectivity index (χ4v) is 7.11. The van der Waals surface area contributed by atoms with Crippen LogP contribution in [-0.4, -0.2) is 108 Å². The summed E-state index contributed by atoms with van der Waals surface area (Å²) >= 11 is 0. The molecule has 0 aromatic heterocycles. The lowest BCUT2D eigenvalue weighted by Gasteiger charge is -2.34. The molecule has 7 amide bonds. The van der Waals surface area contributed by atoms with Gasteiger partial charge in [-0.15, -0.1) is 0 Å². The van der Waals surface area contributed by atoms with Gasteiger partial charge in [0.05, 0.1) is 0 Å². The zero-order chi connectivity index (χ0) is 40.1. The summed E-state index contributed by atoms with van der Waals surface area (Å²) in [5, 5.41) is 14.5. The van der Waals surface area contributed by atoms with Gasteiger partial charge in [0, 0.05) is 33.5 Å². The van der Waals surface area contributed by atoms with Gasteiger partial charge >= 0.3 is 0 Å². The largest absolute Gasteiger partial charge is 0.354 e. The molecule has 0 aliphatic carbocycles. The minimum absolute atomic E-state index is 0.103. The van der Waals surface area contributed by atoms with Crippen LogP contribution in [-0.2, 0) is 40.0 Å². The number of hydrogen-bond acceptors (Lipinski definition) is 7. The predicted octanol–water partition coefficient (Wildman–Crippen LogP) is 2.05. The summed E-state index contributed by atoms with van der Waals surface area (Å²) in [6.45, 7) is 13.1. The van der Waals surface area contributed by atoms with Crippen LogP contribution >= 0.6 is 0 Å². The molecular formula is C40H63N7O7. The normalized spacial score (nSPS) is 25.7. The molecule has 0 bridgehead atoms. The minimum Gasteiger partial charge on any atom is -0.354 e. The first-order valence-corrected chi connectivity index (χ1v) is 19.7. The van der Waals surface area contributed by atoms with Gasteiger partial charge in [-0.1, -0.05) is 91.1 Å². The Balaban J connectivity index is 2.07. The standard InChI is InChI=1S/C40H63N7O7/c1-9-24(4)32-37(51)41-21-15-19-29(42-39(53)34(26(6)11-3)46(8)27(7)48)35(49)43-30(23-28-17-13-12-14-18-28)40(54)47-22-16-20-31(47)36(50)44-33(25(5)10-2)38(52)45-32/h12-14,17-18,24-26,29-34H,9-11,15-16,19-23H2,1-8H3,(H,41,51)(H,42,53)(H,43,49)(H,44,50)(H,45,52)/t24-,25-,26-,29-,30+,31-,32-,33-,34-/m0/s1. The number of nitrogens with zero attached hydrogens (tertiary/aromatic N) is 2. The summed E-state index contributed by atoms with van der Waals surface area (Å²) in [4.78, 5) is 99.2. The van der Waals surface area contributed by atoms with Gasteiger partial charge in [-0.3, -0.25) is 33.6 Å². The molecular weight excluding hydrogens is 690 g/mol. The average Bonchev–Trinajstić information content (AvgIpc) is 3.66. The summed E-state index contributed by atoms with van der Waals surface area (Å²) in [7, 11) is 1.55. The number of carbonyl (C=O) groups is 7. The molecule has 300 valence electrons. The predicted molar refractivity (Wildman–Crippen MR) is 205 cm³/mol. The van der Waals surface area contributed by atoms with E-state index in [0.717, 1.165) is 5.56 Å². The quantitative estimate of drug-likeness (QED) is 0.229. The Morgan fingerprint density at radius 3 is 2.02 bits per heavy atom. The number of amides is 7. The maximum atomic E-state index is 14.4. The molecule has 2 fully saturated rings. The van der Waals surface area contributed by atoms with E-state index in [4.69, 9.17) is 0 Å². The second-order valence-corrected chi connectivity index (χ2v) is 15.1. The molecule has 9 atom stereocenters. The lowest BCUT2D eigenvalue weighted by Crippen LogP contribution is -2.61. The molecule has 0 unspecified atom stereocenters. The van der Waals surface area contributed by atoms with Crippen LogP contribution < -0.4 is 26.6 Å². The topological polar surface area (TPSA) is 186 Å². The summed E-state index contributed by atoms with van der Waals surface area (Å²) in [5.74, 6) is -3.92. The number of nitrogens with one attached hydrogen (secondary N) is 5. The van der Waals surface area contributed by atoms with Gasteiger partial charge in [0.15, 0.2) is 0 Å². The molecule has 2 heterocycles. The Kier molecular flexibility index (Phi) is 16.9. The van der Waals surface area contributed by atoms with Gasteiger partial charge < -0.3 is 36.4 Å². The molecule has 0 spiro atoms. The highest BCUT2D eigenvalue weighted by Crippen LogP contribution is 2.22. The van der Waals surface area contributed by atoms with Crippen LogP contribution in [0.15, 0.2) is 30.3 Å². The van der Waals surface area contributed by atoms with Crippen molar-refractivity contribution in [2.45, 2.75) is 136 Å². The average molecular weight is 754 g/mol. The van der Waals surface area contributed by atoms with E-state index < -0.39 is 71.7 Å². The van der Waals surface area contributed by atoms with Crippen molar-refractivity contribution < 1.29 is 33.6 Å². The van der Waals surface area contributed by atoms with Crippen LogP contribution in [0.5, 0.6) is 0 Å².